The second-order valence-electron chi connectivity index (χ2n) is 9.47. The maximum absolute atomic E-state index is 14.5. The first kappa shape index (κ1) is 29.8. The summed E-state index contributed by atoms with van der Waals surface area (Å²) in [5.74, 6) is 1.83. The highest BCUT2D eigenvalue weighted by Gasteiger charge is 2.17. The Morgan fingerprint density at radius 3 is 1.82 bits per heavy atom. The summed E-state index contributed by atoms with van der Waals surface area (Å²) in [5.41, 5.74) is 0.719. The fourth-order valence-electron chi connectivity index (χ4n) is 4.03. The van der Waals surface area contributed by atoms with Gasteiger partial charge in [-0.3, -0.25) is 0 Å². The predicted molar refractivity (Wildman–Crippen MR) is 147 cm³/mol. The second kappa shape index (κ2) is 16.3. The average Bonchev–Trinajstić information content (AvgIpc) is 2.93. The Kier molecular flexibility index (Phi) is 12.5. The Hall–Kier alpha value is -3.72. The van der Waals surface area contributed by atoms with E-state index in [4.69, 9.17) is 9.47 Å². The molecule has 0 aromatic heterocycles. The lowest BCUT2D eigenvalue weighted by Gasteiger charge is -2.07. The van der Waals surface area contributed by atoms with Gasteiger partial charge in [-0.25, -0.2) is 18.0 Å². The Morgan fingerprint density at radius 1 is 0.692 bits per heavy atom. The zero-order chi connectivity index (χ0) is 27.9. The lowest BCUT2D eigenvalue weighted by Crippen LogP contribution is -2.11. The van der Waals surface area contributed by atoms with Crippen molar-refractivity contribution < 1.29 is 27.4 Å². The summed E-state index contributed by atoms with van der Waals surface area (Å²) in [7, 11) is 0. The van der Waals surface area contributed by atoms with E-state index in [2.05, 4.69) is 18.8 Å². The molecule has 0 aliphatic rings. The molecule has 0 fully saturated rings. The maximum atomic E-state index is 14.5. The Labute approximate surface area is 229 Å². The first-order valence-electron chi connectivity index (χ1n) is 13.7. The quantitative estimate of drug-likeness (QED) is 0.0892. The zero-order valence-electron chi connectivity index (χ0n) is 22.4. The van der Waals surface area contributed by atoms with E-state index in [1.807, 2.05) is 12.1 Å². The molecule has 0 spiro atoms. The molecule has 0 aliphatic carbocycles. The van der Waals surface area contributed by atoms with E-state index >= 15 is 0 Å². The van der Waals surface area contributed by atoms with Crippen LogP contribution in [0.2, 0.25) is 0 Å². The van der Waals surface area contributed by atoms with E-state index in [9.17, 15) is 18.0 Å². The van der Waals surface area contributed by atoms with Crippen LogP contribution >= 0.6 is 0 Å². The highest BCUT2D eigenvalue weighted by molar-refractivity contribution is 5.91. The molecule has 206 valence electrons. The van der Waals surface area contributed by atoms with Gasteiger partial charge in [0.1, 0.15) is 11.6 Å². The molecule has 3 aromatic carbocycles. The summed E-state index contributed by atoms with van der Waals surface area (Å²) < 4.78 is 52.6. The van der Waals surface area contributed by atoms with E-state index in [-0.39, 0.29) is 11.1 Å². The lowest BCUT2D eigenvalue weighted by molar-refractivity contribution is 0.0720. The highest BCUT2D eigenvalue weighted by atomic mass is 19.1. The van der Waals surface area contributed by atoms with Crippen molar-refractivity contribution in [2.75, 3.05) is 6.61 Å². The van der Waals surface area contributed by atoms with Gasteiger partial charge in [0, 0.05) is 11.1 Å². The Morgan fingerprint density at radius 2 is 1.23 bits per heavy atom. The molecule has 0 saturated heterocycles. The summed E-state index contributed by atoms with van der Waals surface area (Å²) in [6.07, 6.45) is 12.7. The molecule has 3 rings (SSSR count). The first-order chi connectivity index (χ1) is 19.0. The van der Waals surface area contributed by atoms with Gasteiger partial charge < -0.3 is 9.47 Å². The monoisotopic (exact) mass is 536 g/mol. The van der Waals surface area contributed by atoms with E-state index in [0.717, 1.165) is 42.9 Å². The minimum atomic E-state index is -1.06. The van der Waals surface area contributed by atoms with Crippen LogP contribution in [0.25, 0.3) is 0 Å². The third-order valence-electron chi connectivity index (χ3n) is 6.25. The number of hydrogen-bond acceptors (Lipinski definition) is 3. The summed E-state index contributed by atoms with van der Waals surface area (Å²) in [6.45, 7) is 2.90. The highest BCUT2D eigenvalue weighted by Crippen LogP contribution is 2.24. The number of carbonyl (C=O) groups is 1. The molecule has 0 heterocycles. The molecule has 3 aromatic rings. The molecule has 0 saturated carbocycles. The smallest absolute Gasteiger partial charge is 0.343 e. The number of carbonyl (C=O) groups excluding carboxylic acids is 1. The van der Waals surface area contributed by atoms with Gasteiger partial charge in [0.25, 0.3) is 0 Å². The Bertz CT molecular complexity index is 1220. The second-order valence-corrected chi connectivity index (χ2v) is 9.47. The summed E-state index contributed by atoms with van der Waals surface area (Å²) in [5, 5.41) is 0. The van der Waals surface area contributed by atoms with E-state index in [1.165, 1.54) is 63.5 Å². The topological polar surface area (TPSA) is 35.5 Å². The molecule has 0 bridgehead atoms. The first-order valence-corrected chi connectivity index (χ1v) is 13.7. The van der Waals surface area contributed by atoms with Crippen LogP contribution in [-0.2, 0) is 0 Å². The largest absolute Gasteiger partial charge is 0.494 e. The minimum absolute atomic E-state index is 0.0324. The van der Waals surface area contributed by atoms with Crippen molar-refractivity contribution in [1.82, 2.24) is 0 Å². The molecule has 0 unspecified atom stereocenters. The third-order valence-corrected chi connectivity index (χ3v) is 6.25. The molecular weight excluding hydrogens is 501 g/mol. The van der Waals surface area contributed by atoms with Crippen molar-refractivity contribution >= 4 is 5.97 Å². The van der Waals surface area contributed by atoms with Crippen LogP contribution in [0.3, 0.4) is 0 Å². The van der Waals surface area contributed by atoms with Crippen molar-refractivity contribution in [3.05, 3.63) is 94.8 Å². The van der Waals surface area contributed by atoms with Crippen LogP contribution in [0.4, 0.5) is 13.2 Å². The third kappa shape index (κ3) is 10.5. The van der Waals surface area contributed by atoms with Crippen LogP contribution < -0.4 is 9.47 Å². The van der Waals surface area contributed by atoms with Crippen molar-refractivity contribution in [1.29, 1.82) is 0 Å². The van der Waals surface area contributed by atoms with E-state index in [0.29, 0.717) is 12.2 Å². The normalized spacial score (nSPS) is 10.6. The number of benzene rings is 3. The SMILES string of the molecule is CCCCCCCCCCCCOc1ccc(C#Cc2cc(F)c(OC(=O)c3ccc(F)cc3)c(F)c2)cc1. The average molecular weight is 537 g/mol. The van der Waals surface area contributed by atoms with Gasteiger partial charge in [-0.05, 0) is 67.1 Å². The fraction of sp³-hybridized carbons (Fsp3) is 0.364. The van der Waals surface area contributed by atoms with Gasteiger partial charge in [-0.2, -0.15) is 0 Å². The van der Waals surface area contributed by atoms with E-state index in [1.54, 1.807) is 12.1 Å². The molecule has 0 aliphatic heterocycles. The van der Waals surface area contributed by atoms with Crippen LogP contribution in [0, 0.1) is 29.3 Å². The van der Waals surface area contributed by atoms with Crippen LogP contribution in [0.15, 0.2) is 60.7 Å². The van der Waals surface area contributed by atoms with Crippen molar-refractivity contribution in [2.45, 2.75) is 71.1 Å². The molecule has 39 heavy (non-hydrogen) atoms. The van der Waals surface area contributed by atoms with Gasteiger partial charge in [-0.1, -0.05) is 76.6 Å². The molecule has 0 N–H and O–H groups in total. The van der Waals surface area contributed by atoms with E-state index < -0.39 is 29.2 Å². The van der Waals surface area contributed by atoms with Crippen LogP contribution in [0.1, 0.15) is 92.6 Å². The molecule has 0 atom stereocenters. The number of hydrogen-bond donors (Lipinski definition) is 0. The van der Waals surface area contributed by atoms with Gasteiger partial charge in [0.05, 0.1) is 12.2 Å². The predicted octanol–water partition coefficient (Wildman–Crippen LogP) is 9.02. The fourth-order valence-corrected chi connectivity index (χ4v) is 4.03. The molecule has 6 heteroatoms. The number of ether oxygens (including phenoxy) is 2. The molecule has 0 radical (unpaired) electrons. The molecular formula is C33H35F3O3. The van der Waals surface area contributed by atoms with Crippen LogP contribution in [0.5, 0.6) is 11.5 Å². The number of esters is 1. The van der Waals surface area contributed by atoms with Crippen LogP contribution in [-0.4, -0.2) is 12.6 Å². The lowest BCUT2D eigenvalue weighted by atomic mass is 10.1. The van der Waals surface area contributed by atoms with Crippen molar-refractivity contribution in [2.24, 2.45) is 0 Å². The number of halogens is 3. The molecule has 0 amide bonds. The maximum Gasteiger partial charge on any atom is 0.343 e. The standard InChI is InChI=1S/C33H35F3O3/c1-2-3-4-5-6-7-8-9-10-11-22-38-29-20-14-25(15-21-29)12-13-26-23-30(35)32(31(36)24-26)39-33(37)27-16-18-28(34)19-17-27/h14-21,23-24H,2-11,22H2,1H3. The van der Waals surface area contributed by atoms with Crippen molar-refractivity contribution in [3.63, 3.8) is 0 Å². The number of unbranched alkanes of at least 4 members (excludes halogenated alkanes) is 9. The van der Waals surface area contributed by atoms with Gasteiger partial charge in [-0.15, -0.1) is 0 Å². The Balaban J connectivity index is 1.43. The van der Waals surface area contributed by atoms with Gasteiger partial charge in [0.15, 0.2) is 11.6 Å². The summed E-state index contributed by atoms with van der Waals surface area (Å²) in [6, 6.07) is 13.6. The molecule has 3 nitrogen and oxygen atoms in total. The van der Waals surface area contributed by atoms with Gasteiger partial charge in [0.2, 0.25) is 5.75 Å². The summed E-state index contributed by atoms with van der Waals surface area (Å²) >= 11 is 0. The number of rotatable bonds is 14. The summed E-state index contributed by atoms with van der Waals surface area (Å²) in [4.78, 5) is 12.1. The van der Waals surface area contributed by atoms with Crippen molar-refractivity contribution in [3.8, 4) is 23.3 Å². The minimum Gasteiger partial charge on any atom is -0.494 e. The zero-order valence-corrected chi connectivity index (χ0v) is 22.4. The van der Waals surface area contributed by atoms with Gasteiger partial charge >= 0.3 is 5.97 Å².